The Bertz CT molecular complexity index is 1160. The summed E-state index contributed by atoms with van der Waals surface area (Å²) < 4.78 is 52.0. The summed E-state index contributed by atoms with van der Waals surface area (Å²) in [6.07, 6.45) is -0.440. The summed E-state index contributed by atoms with van der Waals surface area (Å²) in [4.78, 5) is 13.0. The monoisotopic (exact) mass is 593 g/mol. The fourth-order valence-electron chi connectivity index (χ4n) is 4.87. The van der Waals surface area contributed by atoms with E-state index in [4.69, 9.17) is 42.6 Å². The molecule has 0 radical (unpaired) electrons. The lowest BCUT2D eigenvalue weighted by Gasteiger charge is -2.32. The van der Waals surface area contributed by atoms with Gasteiger partial charge >= 0.3 is 5.97 Å². The third-order valence-electron chi connectivity index (χ3n) is 6.58. The number of methoxy groups -OCH3 is 9. The summed E-state index contributed by atoms with van der Waals surface area (Å²) >= 11 is 0. The highest BCUT2D eigenvalue weighted by molar-refractivity contribution is 7.97. The van der Waals surface area contributed by atoms with Crippen LogP contribution in [0.4, 0.5) is 0 Å². The Hall–Kier alpha value is -4.24. The van der Waals surface area contributed by atoms with Crippen molar-refractivity contribution in [1.82, 2.24) is 0 Å². The van der Waals surface area contributed by atoms with Gasteiger partial charge in [0.2, 0.25) is 0 Å². The van der Waals surface area contributed by atoms with E-state index in [2.05, 4.69) is 0 Å². The maximum Gasteiger partial charge on any atom is 0.342 e. The number of ether oxygens (including phenoxy) is 9. The number of carbonyl (C=O) groups is 1. The minimum absolute atomic E-state index is 0.315. The van der Waals surface area contributed by atoms with Crippen molar-refractivity contribution in [1.29, 1.82) is 0 Å². The molecule has 0 aliphatic rings. The molecule has 0 saturated carbocycles. The summed E-state index contributed by atoms with van der Waals surface area (Å²) in [5.41, 5.74) is 0. The van der Waals surface area contributed by atoms with Crippen LogP contribution in [0.3, 0.4) is 0 Å². The maximum atomic E-state index is 13.0. The first-order valence-corrected chi connectivity index (χ1v) is 14.2. The maximum absolute atomic E-state index is 13.0. The van der Waals surface area contributed by atoms with Gasteiger partial charge in [-0.25, -0.2) is 4.79 Å². The van der Waals surface area contributed by atoms with Crippen LogP contribution in [0, 0.1) is 0 Å². The fraction of sp³-hybridized carbons (Fsp3) is 0.345. The van der Waals surface area contributed by atoms with E-state index in [1.807, 2.05) is 0 Å². The number of hydrogen-bond acceptors (Lipinski definition) is 10. The summed E-state index contributed by atoms with van der Waals surface area (Å²) in [5, 5.41) is 11.9. The molecule has 41 heavy (non-hydrogen) atoms. The molecule has 3 aromatic carbocycles. The van der Waals surface area contributed by atoms with Gasteiger partial charge in [0, 0.05) is 36.4 Å². The van der Waals surface area contributed by atoms with E-state index in [0.717, 1.165) is 0 Å². The van der Waals surface area contributed by atoms with Crippen LogP contribution in [0.25, 0.3) is 0 Å². The van der Waals surface area contributed by atoms with E-state index in [0.29, 0.717) is 67.7 Å². The summed E-state index contributed by atoms with van der Waals surface area (Å²) in [6, 6.07) is 10.00. The Morgan fingerprint density at radius 3 is 0.854 bits per heavy atom. The van der Waals surface area contributed by atoms with Crippen molar-refractivity contribution in [3.63, 3.8) is 0 Å². The Balaban J connectivity index is 2.82. The largest absolute Gasteiger partial charge is 0.496 e. The molecule has 0 saturated heterocycles. The molecule has 0 fully saturated rings. The second-order valence-corrected chi connectivity index (χ2v) is 11.8. The topological polar surface area (TPSA) is 120 Å². The molecule has 0 amide bonds. The number of benzene rings is 3. The zero-order valence-electron chi connectivity index (χ0n) is 24.6. The van der Waals surface area contributed by atoms with Gasteiger partial charge in [-0.2, -0.15) is 0 Å². The van der Waals surface area contributed by atoms with Gasteiger partial charge in [-0.1, -0.05) is 0 Å². The fourth-order valence-corrected chi connectivity index (χ4v) is 9.61. The number of hydrogen-bond donors (Lipinski definition) is 1. The Kier molecular flexibility index (Phi) is 10.2. The Labute approximate surface area is 240 Å². The molecule has 3 aromatic rings. The lowest BCUT2D eigenvalue weighted by molar-refractivity contribution is -0.134. The van der Waals surface area contributed by atoms with E-state index in [9.17, 15) is 9.90 Å². The normalized spacial score (nSPS) is 10.9. The first kappa shape index (κ1) is 31.3. The van der Waals surface area contributed by atoms with Crippen LogP contribution in [-0.2, 0) is 4.79 Å². The quantitative estimate of drug-likeness (QED) is 0.219. The molecule has 12 heteroatoms. The Morgan fingerprint density at radius 2 is 0.707 bits per heavy atom. The molecule has 0 aromatic heterocycles. The number of carboxylic acids is 1. The molecule has 0 heterocycles. The van der Waals surface area contributed by atoms with Gasteiger partial charge in [0.1, 0.15) is 24.5 Å². The molecule has 0 aliphatic carbocycles. The SMILES string of the molecule is COc1cc(OC)c([P+]([13CH2][13C](=O)O)(c2c(OC)cc(OC)cc2OC)c2c(OC)cc(OC)cc2OC)c(OC)c1. The summed E-state index contributed by atoms with van der Waals surface area (Å²) in [6.45, 7) is 0. The standard InChI is InChI=1S/C29H35O11P/c1-32-17-10-20(35-4)27(21(11-17)36-5)41(16-26(30)31,28-22(37-6)12-18(33-2)13-23(28)38-7)29-24(39-8)14-19(34-3)15-25(29)40-9/h10-15H,16H2,1-9H3/p+1/i16+1,26+1. The molecule has 3 rings (SSSR count). The molecule has 11 nitrogen and oxygen atoms in total. The van der Waals surface area contributed by atoms with Gasteiger partial charge in [0.15, 0.2) is 56.6 Å². The number of aliphatic carboxylic acids is 1. The molecule has 0 aliphatic heterocycles. The van der Waals surface area contributed by atoms with Crippen molar-refractivity contribution < 1.29 is 52.5 Å². The highest BCUT2D eigenvalue weighted by Gasteiger charge is 2.59. The zero-order chi connectivity index (χ0) is 30.3. The van der Waals surface area contributed by atoms with E-state index in [1.165, 1.54) is 64.0 Å². The van der Waals surface area contributed by atoms with Crippen molar-refractivity contribution in [3.8, 4) is 51.7 Å². The van der Waals surface area contributed by atoms with Gasteiger partial charge < -0.3 is 47.7 Å². The van der Waals surface area contributed by atoms with Gasteiger partial charge in [0.05, 0.1) is 64.0 Å². The average molecular weight is 594 g/mol. The Morgan fingerprint density at radius 1 is 0.488 bits per heavy atom. The van der Waals surface area contributed by atoms with Crippen LogP contribution >= 0.6 is 7.26 Å². The van der Waals surface area contributed by atoms with Crippen molar-refractivity contribution in [2.24, 2.45) is 0 Å². The molecule has 0 spiro atoms. The van der Waals surface area contributed by atoms with Crippen LogP contribution in [0.15, 0.2) is 36.4 Å². The molecule has 0 bridgehead atoms. The van der Waals surface area contributed by atoms with E-state index >= 15 is 0 Å². The van der Waals surface area contributed by atoms with Crippen LogP contribution in [-0.4, -0.2) is 81.2 Å². The number of carboxylic acid groups (broad SMARTS) is 1. The summed E-state index contributed by atoms with van der Waals surface area (Å²) in [5.74, 6) is 2.11. The molecular weight excluding hydrogens is 557 g/mol. The smallest absolute Gasteiger partial charge is 0.342 e. The lowest BCUT2D eigenvalue weighted by Crippen LogP contribution is -2.39. The van der Waals surface area contributed by atoms with Gasteiger partial charge in [-0.3, -0.25) is 0 Å². The van der Waals surface area contributed by atoms with Crippen molar-refractivity contribution in [3.05, 3.63) is 36.4 Å². The molecular formula is C29H36O11P+. The van der Waals surface area contributed by atoms with E-state index in [1.54, 1.807) is 36.4 Å². The van der Waals surface area contributed by atoms with Gasteiger partial charge in [-0.05, 0) is 0 Å². The van der Waals surface area contributed by atoms with Crippen LogP contribution in [0.1, 0.15) is 0 Å². The van der Waals surface area contributed by atoms with Crippen molar-refractivity contribution >= 4 is 29.1 Å². The van der Waals surface area contributed by atoms with Crippen LogP contribution < -0.4 is 58.5 Å². The van der Waals surface area contributed by atoms with Gasteiger partial charge in [-0.15, -0.1) is 0 Å². The van der Waals surface area contributed by atoms with Crippen LogP contribution in [0.2, 0.25) is 0 Å². The first-order chi connectivity index (χ1) is 19.7. The summed E-state index contributed by atoms with van der Waals surface area (Å²) in [7, 11) is 9.90. The minimum Gasteiger partial charge on any atom is -0.496 e. The molecule has 0 unspecified atom stereocenters. The third-order valence-corrected chi connectivity index (χ3v) is 10.9. The zero-order valence-corrected chi connectivity index (χ0v) is 25.5. The minimum atomic E-state index is -3.54. The molecule has 222 valence electrons. The predicted octanol–water partition coefficient (Wildman–Crippen LogP) is 3.14. The average Bonchev–Trinajstić information content (AvgIpc) is 3.01. The molecule has 0 atom stereocenters. The number of rotatable bonds is 14. The lowest BCUT2D eigenvalue weighted by atomic mass is 10.3. The highest BCUT2D eigenvalue weighted by atomic mass is 31.2. The predicted molar refractivity (Wildman–Crippen MR) is 157 cm³/mol. The van der Waals surface area contributed by atoms with Crippen LogP contribution in [0.5, 0.6) is 51.7 Å². The van der Waals surface area contributed by atoms with Gasteiger partial charge in [0.25, 0.3) is 0 Å². The van der Waals surface area contributed by atoms with E-state index < -0.39 is 19.4 Å². The van der Waals surface area contributed by atoms with Crippen molar-refractivity contribution in [2.75, 3.05) is 70.2 Å². The van der Waals surface area contributed by atoms with Crippen molar-refractivity contribution in [2.45, 2.75) is 0 Å². The third kappa shape index (κ3) is 5.67. The molecule has 1 N–H and O–H groups in total. The second-order valence-electron chi connectivity index (χ2n) is 8.50. The first-order valence-electron chi connectivity index (χ1n) is 12.2. The second kappa shape index (κ2) is 13.4. The highest BCUT2D eigenvalue weighted by Crippen LogP contribution is 2.66. The van der Waals surface area contributed by atoms with E-state index in [-0.39, 0.29) is 0 Å².